The molecule has 1 unspecified atom stereocenters. The topological polar surface area (TPSA) is 105 Å². The second-order valence-electron chi connectivity index (χ2n) is 8.24. The van der Waals surface area contributed by atoms with Crippen molar-refractivity contribution >= 4 is 18.0 Å². The minimum Gasteiger partial charge on any atom is -0.464 e. The summed E-state index contributed by atoms with van der Waals surface area (Å²) in [7, 11) is 0. The van der Waals surface area contributed by atoms with Crippen LogP contribution in [-0.4, -0.2) is 64.9 Å². The van der Waals surface area contributed by atoms with Crippen LogP contribution in [0.3, 0.4) is 0 Å². The van der Waals surface area contributed by atoms with E-state index in [0.717, 1.165) is 5.56 Å². The third-order valence-electron chi connectivity index (χ3n) is 4.37. The van der Waals surface area contributed by atoms with Crippen LogP contribution in [0.1, 0.15) is 39.7 Å². The molecule has 2 rings (SSSR count). The molecule has 0 aliphatic carbocycles. The summed E-state index contributed by atoms with van der Waals surface area (Å²) in [5.74, 6) is -0.857. The van der Waals surface area contributed by atoms with Gasteiger partial charge in [0.2, 0.25) is 5.91 Å². The summed E-state index contributed by atoms with van der Waals surface area (Å²) in [6.45, 7) is 6.56. The third-order valence-corrected chi connectivity index (χ3v) is 4.37. The molecule has 1 aromatic carbocycles. The second kappa shape index (κ2) is 9.73. The van der Waals surface area contributed by atoms with Crippen LogP contribution in [0.25, 0.3) is 0 Å². The molecule has 0 bridgehead atoms. The van der Waals surface area contributed by atoms with Gasteiger partial charge in [-0.2, -0.15) is 0 Å². The number of benzene rings is 1. The highest BCUT2D eigenvalue weighted by molar-refractivity contribution is 5.86. The number of aliphatic hydroxyl groups excluding tert-OH is 1. The molecule has 0 aromatic heterocycles. The Morgan fingerprint density at radius 1 is 1.24 bits per heavy atom. The van der Waals surface area contributed by atoms with Gasteiger partial charge < -0.3 is 19.9 Å². The van der Waals surface area contributed by atoms with E-state index in [1.807, 2.05) is 30.3 Å². The molecule has 2 N–H and O–H groups in total. The van der Waals surface area contributed by atoms with Gasteiger partial charge >= 0.3 is 12.1 Å². The lowest BCUT2D eigenvalue weighted by Gasteiger charge is -2.29. The maximum atomic E-state index is 12.9. The molecule has 1 aliphatic rings. The number of nitrogens with zero attached hydrogens (tertiary/aromatic N) is 1. The Kier molecular flexibility index (Phi) is 7.61. The predicted molar refractivity (Wildman–Crippen MR) is 106 cm³/mol. The number of likely N-dealkylation sites (tertiary alicyclic amines) is 1. The van der Waals surface area contributed by atoms with Crippen LogP contribution in [0, 0.1) is 0 Å². The molecule has 29 heavy (non-hydrogen) atoms. The Bertz CT molecular complexity index is 716. The lowest BCUT2D eigenvalue weighted by Crippen LogP contribution is -2.51. The Balaban J connectivity index is 2.08. The zero-order chi connectivity index (χ0) is 21.6. The molecule has 2 amide bonds. The molecule has 1 aliphatic heterocycles. The average molecular weight is 406 g/mol. The first kappa shape index (κ1) is 22.7. The van der Waals surface area contributed by atoms with E-state index in [1.54, 1.807) is 20.8 Å². The Morgan fingerprint density at radius 3 is 2.48 bits per heavy atom. The fourth-order valence-electron chi connectivity index (χ4n) is 3.15. The molecule has 1 heterocycles. The van der Waals surface area contributed by atoms with Gasteiger partial charge in [-0.1, -0.05) is 30.3 Å². The van der Waals surface area contributed by atoms with Crippen LogP contribution < -0.4 is 5.32 Å². The van der Waals surface area contributed by atoms with Crippen molar-refractivity contribution < 1.29 is 29.0 Å². The highest BCUT2D eigenvalue weighted by atomic mass is 16.6. The van der Waals surface area contributed by atoms with E-state index >= 15 is 0 Å². The smallest absolute Gasteiger partial charge is 0.411 e. The van der Waals surface area contributed by atoms with Gasteiger partial charge in [0.1, 0.15) is 18.2 Å². The van der Waals surface area contributed by atoms with Crippen LogP contribution in [0.15, 0.2) is 30.3 Å². The highest BCUT2D eigenvalue weighted by Crippen LogP contribution is 2.22. The quantitative estimate of drug-likeness (QED) is 0.696. The number of nitrogens with one attached hydrogen (secondary N) is 1. The van der Waals surface area contributed by atoms with E-state index in [9.17, 15) is 19.5 Å². The predicted octanol–water partition coefficient (Wildman–Crippen LogP) is 1.65. The van der Waals surface area contributed by atoms with Crippen LogP contribution in [0.2, 0.25) is 0 Å². The summed E-state index contributed by atoms with van der Waals surface area (Å²) < 4.78 is 10.4. The zero-order valence-electron chi connectivity index (χ0n) is 17.4. The van der Waals surface area contributed by atoms with Crippen molar-refractivity contribution in [2.75, 3.05) is 13.2 Å². The van der Waals surface area contributed by atoms with E-state index < -0.39 is 41.8 Å². The van der Waals surface area contributed by atoms with Crippen molar-refractivity contribution in [1.82, 2.24) is 10.2 Å². The number of hydrogen-bond donors (Lipinski definition) is 2. The molecule has 8 heteroatoms. The molecule has 3 atom stereocenters. The van der Waals surface area contributed by atoms with Gasteiger partial charge in [-0.15, -0.1) is 0 Å². The molecule has 0 spiro atoms. The number of carbonyl (C=O) groups is 3. The zero-order valence-corrected chi connectivity index (χ0v) is 17.4. The van der Waals surface area contributed by atoms with Gasteiger partial charge in [-0.3, -0.25) is 14.5 Å². The summed E-state index contributed by atoms with van der Waals surface area (Å²) in [6, 6.07) is 8.18. The molecule has 0 radical (unpaired) electrons. The maximum Gasteiger partial charge on any atom is 0.411 e. The van der Waals surface area contributed by atoms with Gasteiger partial charge in [0, 0.05) is 13.3 Å². The number of aliphatic hydroxyl groups is 1. The van der Waals surface area contributed by atoms with Gasteiger partial charge in [0.15, 0.2) is 0 Å². The number of ether oxygens (including phenoxy) is 2. The van der Waals surface area contributed by atoms with Gasteiger partial charge in [-0.25, -0.2) is 4.79 Å². The minimum atomic E-state index is -0.851. The molecular weight excluding hydrogens is 376 g/mol. The van der Waals surface area contributed by atoms with Gasteiger partial charge in [-0.05, 0) is 32.8 Å². The normalized spacial score (nSPS) is 20.1. The Hall–Kier alpha value is -2.61. The standard InChI is InChI=1S/C21H30N2O6/c1-14(24)28-13-16(10-15-8-6-5-7-9-15)22-19(26)18-11-17(25)12-23(18)20(27)29-21(2,3)4/h5-9,16-18,25H,10-13H2,1-4H3,(H,22,26)/t16?,17-,18+/m1/s1. The highest BCUT2D eigenvalue weighted by Gasteiger charge is 2.41. The monoisotopic (exact) mass is 406 g/mol. The van der Waals surface area contributed by atoms with Crippen molar-refractivity contribution in [2.45, 2.75) is 64.3 Å². The summed E-state index contributed by atoms with van der Waals surface area (Å²) in [6.07, 6.45) is -0.869. The molecule has 0 saturated carbocycles. The van der Waals surface area contributed by atoms with E-state index in [-0.39, 0.29) is 19.6 Å². The molecule has 8 nitrogen and oxygen atoms in total. The summed E-state index contributed by atoms with van der Waals surface area (Å²) in [5, 5.41) is 12.9. The molecular formula is C21H30N2O6. The maximum absolute atomic E-state index is 12.9. The summed E-state index contributed by atoms with van der Waals surface area (Å²) >= 11 is 0. The number of β-amino-alcohol motifs (C(OH)–C–C–N with tert-alkyl or cyclic N) is 1. The second-order valence-corrected chi connectivity index (χ2v) is 8.24. The van der Waals surface area contributed by atoms with Crippen LogP contribution in [0.5, 0.6) is 0 Å². The lowest BCUT2D eigenvalue weighted by atomic mass is 10.1. The molecule has 1 saturated heterocycles. The number of hydrogen-bond acceptors (Lipinski definition) is 6. The van der Waals surface area contributed by atoms with Crippen molar-refractivity contribution in [1.29, 1.82) is 0 Å². The number of amides is 2. The van der Waals surface area contributed by atoms with Crippen molar-refractivity contribution in [3.05, 3.63) is 35.9 Å². The van der Waals surface area contributed by atoms with Gasteiger partial charge in [0.05, 0.1) is 18.7 Å². The number of rotatable bonds is 6. The van der Waals surface area contributed by atoms with Gasteiger partial charge in [0.25, 0.3) is 0 Å². The first-order chi connectivity index (χ1) is 13.5. The van der Waals surface area contributed by atoms with Crippen molar-refractivity contribution in [2.24, 2.45) is 0 Å². The fraction of sp³-hybridized carbons (Fsp3) is 0.571. The van der Waals surface area contributed by atoms with Crippen LogP contribution in [-0.2, 0) is 25.5 Å². The molecule has 160 valence electrons. The Morgan fingerprint density at radius 2 is 1.90 bits per heavy atom. The van der Waals surface area contributed by atoms with Crippen molar-refractivity contribution in [3.63, 3.8) is 0 Å². The summed E-state index contributed by atoms with van der Waals surface area (Å²) in [5.41, 5.74) is 0.261. The summed E-state index contributed by atoms with van der Waals surface area (Å²) in [4.78, 5) is 37.8. The SMILES string of the molecule is CC(=O)OCC(Cc1ccccc1)NC(=O)[C@@H]1C[C@@H](O)CN1C(=O)OC(C)(C)C. The van der Waals surface area contributed by atoms with E-state index in [0.29, 0.717) is 6.42 Å². The number of esters is 1. The first-order valence-corrected chi connectivity index (χ1v) is 9.70. The van der Waals surface area contributed by atoms with Crippen molar-refractivity contribution in [3.8, 4) is 0 Å². The van der Waals surface area contributed by atoms with Crippen LogP contribution in [0.4, 0.5) is 4.79 Å². The van der Waals surface area contributed by atoms with E-state index in [1.165, 1.54) is 11.8 Å². The fourth-order valence-corrected chi connectivity index (χ4v) is 3.15. The van der Waals surface area contributed by atoms with Crippen LogP contribution >= 0.6 is 0 Å². The molecule has 1 aromatic rings. The van der Waals surface area contributed by atoms with E-state index in [4.69, 9.17) is 9.47 Å². The first-order valence-electron chi connectivity index (χ1n) is 9.70. The minimum absolute atomic E-state index is 0.0116. The number of carbonyl (C=O) groups excluding carboxylic acids is 3. The molecule has 1 fully saturated rings. The van der Waals surface area contributed by atoms with E-state index in [2.05, 4.69) is 5.32 Å². The lowest BCUT2D eigenvalue weighted by molar-refractivity contribution is -0.142. The Labute approximate surface area is 171 Å². The largest absolute Gasteiger partial charge is 0.464 e. The average Bonchev–Trinajstić information content (AvgIpc) is 3.01. The third kappa shape index (κ3) is 7.38.